The number of rotatable bonds is 6. The number of nitrogens with one attached hydrogen (secondary N) is 1. The molecule has 0 fully saturated rings. The summed E-state index contributed by atoms with van der Waals surface area (Å²) in [4.78, 5) is 23.1. The first-order valence-corrected chi connectivity index (χ1v) is 7.15. The molecule has 1 atom stereocenters. The van der Waals surface area contributed by atoms with Gasteiger partial charge in [-0.25, -0.2) is 13.9 Å². The molecule has 2 aromatic rings. The Morgan fingerprint density at radius 3 is 2.78 bits per heavy atom. The fourth-order valence-corrected chi connectivity index (χ4v) is 2.14. The molecule has 8 heteroatoms. The first kappa shape index (κ1) is 16.6. The molecule has 1 aromatic carbocycles. The Morgan fingerprint density at radius 1 is 1.43 bits per heavy atom. The number of carbonyl (C=O) groups excluding carboxylic acids is 1. The van der Waals surface area contributed by atoms with Gasteiger partial charge in [-0.3, -0.25) is 4.79 Å². The molecule has 0 aliphatic rings. The Kier molecular flexibility index (Phi) is 5.05. The molecule has 2 rings (SSSR count). The predicted molar refractivity (Wildman–Crippen MR) is 79.9 cm³/mol. The van der Waals surface area contributed by atoms with E-state index < -0.39 is 17.9 Å². The summed E-state index contributed by atoms with van der Waals surface area (Å²) in [6.45, 7) is 3.54. The van der Waals surface area contributed by atoms with Gasteiger partial charge in [-0.05, 0) is 37.1 Å². The number of aryl methyl sites for hydroxylation is 1. The van der Waals surface area contributed by atoms with E-state index >= 15 is 0 Å². The minimum atomic E-state index is -1.10. The highest BCUT2D eigenvalue weighted by Gasteiger charge is 2.21. The van der Waals surface area contributed by atoms with Gasteiger partial charge in [0.05, 0.1) is 11.9 Å². The van der Waals surface area contributed by atoms with Crippen LogP contribution < -0.4 is 5.32 Å². The minimum absolute atomic E-state index is 0.00363. The van der Waals surface area contributed by atoms with Gasteiger partial charge in [0.15, 0.2) is 5.69 Å². The molecule has 0 saturated carbocycles. The fraction of sp³-hybridized carbons (Fsp3) is 0.333. The molecule has 1 amide bonds. The van der Waals surface area contributed by atoms with Gasteiger partial charge in [0.2, 0.25) is 0 Å². The van der Waals surface area contributed by atoms with E-state index in [1.165, 1.54) is 29.1 Å². The van der Waals surface area contributed by atoms with Gasteiger partial charge < -0.3 is 10.4 Å². The van der Waals surface area contributed by atoms with Crippen LogP contribution in [0.2, 0.25) is 0 Å². The van der Waals surface area contributed by atoms with E-state index in [4.69, 9.17) is 5.11 Å². The number of nitrogens with zero attached hydrogens (tertiary/aromatic N) is 3. The number of aliphatic carboxylic acids is 1. The molecule has 122 valence electrons. The fourth-order valence-electron chi connectivity index (χ4n) is 2.14. The van der Waals surface area contributed by atoms with Crippen LogP contribution in [0.1, 0.15) is 35.8 Å². The number of carboxylic acid groups (broad SMARTS) is 1. The molecule has 0 saturated heterocycles. The number of carbonyl (C=O) groups is 2. The van der Waals surface area contributed by atoms with Crippen LogP contribution in [0.4, 0.5) is 4.39 Å². The lowest BCUT2D eigenvalue weighted by Gasteiger charge is -2.11. The van der Waals surface area contributed by atoms with Gasteiger partial charge in [-0.15, -0.1) is 5.10 Å². The number of hydrogen-bond donors (Lipinski definition) is 2. The lowest BCUT2D eigenvalue weighted by molar-refractivity contribution is -0.139. The lowest BCUT2D eigenvalue weighted by atomic mass is 10.1. The summed E-state index contributed by atoms with van der Waals surface area (Å²) < 4.78 is 14.5. The number of amides is 1. The van der Waals surface area contributed by atoms with Crippen molar-refractivity contribution >= 4 is 11.9 Å². The largest absolute Gasteiger partial charge is 0.480 e. The monoisotopic (exact) mass is 320 g/mol. The Hall–Kier alpha value is -2.77. The average Bonchev–Trinajstić information content (AvgIpc) is 2.96. The first-order valence-electron chi connectivity index (χ1n) is 7.15. The van der Waals surface area contributed by atoms with E-state index in [2.05, 4.69) is 15.6 Å². The number of carboxylic acids is 1. The average molecular weight is 320 g/mol. The summed E-state index contributed by atoms with van der Waals surface area (Å²) in [5.74, 6) is -2.08. The van der Waals surface area contributed by atoms with Crippen LogP contribution in [0.15, 0.2) is 24.4 Å². The van der Waals surface area contributed by atoms with Crippen LogP contribution in [0.25, 0.3) is 5.69 Å². The minimum Gasteiger partial charge on any atom is -0.480 e. The predicted octanol–water partition coefficient (Wildman–Crippen LogP) is 1.70. The third-order valence-electron chi connectivity index (χ3n) is 3.31. The van der Waals surface area contributed by atoms with Crippen LogP contribution in [0.5, 0.6) is 0 Å². The van der Waals surface area contributed by atoms with Crippen LogP contribution in [0.3, 0.4) is 0 Å². The second-order valence-electron chi connectivity index (χ2n) is 5.13. The molecule has 0 radical (unpaired) electrons. The molecule has 0 bridgehead atoms. The summed E-state index contributed by atoms with van der Waals surface area (Å²) in [5, 5.41) is 19.0. The summed E-state index contributed by atoms with van der Waals surface area (Å²) in [6, 6.07) is 3.19. The lowest BCUT2D eigenvalue weighted by Crippen LogP contribution is -2.40. The highest BCUT2D eigenvalue weighted by atomic mass is 19.1. The smallest absolute Gasteiger partial charge is 0.326 e. The van der Waals surface area contributed by atoms with Crippen LogP contribution >= 0.6 is 0 Å². The Labute approximate surface area is 132 Å². The maximum absolute atomic E-state index is 13.1. The summed E-state index contributed by atoms with van der Waals surface area (Å²) in [7, 11) is 0. The summed E-state index contributed by atoms with van der Waals surface area (Å²) in [6.07, 6.45) is 2.32. The summed E-state index contributed by atoms with van der Waals surface area (Å²) >= 11 is 0. The van der Waals surface area contributed by atoms with Gasteiger partial charge in [-0.2, -0.15) is 0 Å². The topological polar surface area (TPSA) is 97.1 Å². The molecule has 1 aromatic heterocycles. The molecule has 23 heavy (non-hydrogen) atoms. The van der Waals surface area contributed by atoms with E-state index in [1.807, 2.05) is 6.92 Å². The number of benzene rings is 1. The van der Waals surface area contributed by atoms with Gasteiger partial charge in [-0.1, -0.05) is 18.6 Å². The SMILES string of the molecule is CCCC(NC(=O)c1cn(-c2ccc(F)cc2C)nn1)C(=O)O. The third kappa shape index (κ3) is 3.91. The van der Waals surface area contributed by atoms with Crippen molar-refractivity contribution in [3.05, 3.63) is 41.5 Å². The third-order valence-corrected chi connectivity index (χ3v) is 3.31. The normalized spacial score (nSPS) is 12.0. The Bertz CT molecular complexity index is 729. The molecular weight excluding hydrogens is 303 g/mol. The summed E-state index contributed by atoms with van der Waals surface area (Å²) in [5.41, 5.74) is 1.22. The van der Waals surface area contributed by atoms with Crippen molar-refractivity contribution in [2.75, 3.05) is 0 Å². The highest BCUT2D eigenvalue weighted by Crippen LogP contribution is 2.14. The molecule has 1 heterocycles. The second kappa shape index (κ2) is 6.99. The van der Waals surface area contributed by atoms with E-state index in [9.17, 15) is 14.0 Å². The quantitative estimate of drug-likeness (QED) is 0.844. The van der Waals surface area contributed by atoms with Crippen molar-refractivity contribution in [3.63, 3.8) is 0 Å². The van der Waals surface area contributed by atoms with Crippen molar-refractivity contribution in [3.8, 4) is 5.69 Å². The number of halogens is 1. The molecule has 2 N–H and O–H groups in total. The molecule has 0 aliphatic heterocycles. The van der Waals surface area contributed by atoms with Gasteiger partial charge in [0.1, 0.15) is 11.9 Å². The van der Waals surface area contributed by atoms with Gasteiger partial charge in [0, 0.05) is 0 Å². The highest BCUT2D eigenvalue weighted by molar-refractivity contribution is 5.94. The van der Waals surface area contributed by atoms with Crippen molar-refractivity contribution in [2.45, 2.75) is 32.7 Å². The number of hydrogen-bond acceptors (Lipinski definition) is 4. The zero-order chi connectivity index (χ0) is 17.0. The van der Waals surface area contributed by atoms with Crippen molar-refractivity contribution in [1.82, 2.24) is 20.3 Å². The van der Waals surface area contributed by atoms with E-state index in [0.29, 0.717) is 24.1 Å². The van der Waals surface area contributed by atoms with Crippen LogP contribution in [-0.4, -0.2) is 38.0 Å². The molecule has 0 spiro atoms. The first-order chi connectivity index (χ1) is 10.9. The second-order valence-corrected chi connectivity index (χ2v) is 5.13. The molecule has 1 unspecified atom stereocenters. The van der Waals surface area contributed by atoms with Crippen LogP contribution in [-0.2, 0) is 4.79 Å². The van der Waals surface area contributed by atoms with Crippen molar-refractivity contribution < 1.29 is 19.1 Å². The maximum atomic E-state index is 13.1. The van der Waals surface area contributed by atoms with E-state index in [-0.39, 0.29) is 11.5 Å². The molecule has 7 nitrogen and oxygen atoms in total. The molecule has 0 aliphatic carbocycles. The number of aromatic nitrogens is 3. The van der Waals surface area contributed by atoms with E-state index in [1.54, 1.807) is 6.92 Å². The zero-order valence-corrected chi connectivity index (χ0v) is 12.8. The Balaban J connectivity index is 2.18. The Morgan fingerprint density at radius 2 is 2.17 bits per heavy atom. The standard InChI is InChI=1S/C15H17FN4O3/c1-3-4-11(15(22)23)17-14(21)12-8-20(19-18-12)13-6-5-10(16)7-9(13)2/h5-8,11H,3-4H2,1-2H3,(H,17,21)(H,22,23). The maximum Gasteiger partial charge on any atom is 0.326 e. The molecular formula is C15H17FN4O3. The van der Waals surface area contributed by atoms with Gasteiger partial charge >= 0.3 is 5.97 Å². The van der Waals surface area contributed by atoms with Crippen molar-refractivity contribution in [2.24, 2.45) is 0 Å². The van der Waals surface area contributed by atoms with Gasteiger partial charge in [0.25, 0.3) is 5.91 Å². The van der Waals surface area contributed by atoms with E-state index in [0.717, 1.165) is 0 Å². The van der Waals surface area contributed by atoms with Crippen LogP contribution in [0, 0.1) is 12.7 Å². The zero-order valence-electron chi connectivity index (χ0n) is 12.8. The van der Waals surface area contributed by atoms with Crippen molar-refractivity contribution in [1.29, 1.82) is 0 Å².